The Morgan fingerprint density at radius 1 is 1.10 bits per heavy atom. The van der Waals surface area contributed by atoms with Crippen LogP contribution < -0.4 is 5.73 Å². The lowest BCUT2D eigenvalue weighted by atomic mass is 9.96. The van der Waals surface area contributed by atoms with E-state index in [9.17, 15) is 0 Å². The molecule has 0 bridgehead atoms. The van der Waals surface area contributed by atoms with Crippen LogP contribution in [-0.4, -0.2) is 11.5 Å². The number of nitrogens with two attached hydrogens (primary N) is 1. The monoisotopic (exact) mass is 298 g/mol. The predicted molar refractivity (Wildman–Crippen MR) is 90.9 cm³/mol. The van der Waals surface area contributed by atoms with Crippen molar-refractivity contribution in [3.8, 4) is 11.1 Å². The number of aromatic amines is 1. The van der Waals surface area contributed by atoms with E-state index in [0.29, 0.717) is 6.54 Å². The van der Waals surface area contributed by atoms with Crippen molar-refractivity contribution in [3.63, 3.8) is 0 Å². The number of aryl methyl sites for hydroxylation is 1. The number of rotatable bonds is 4. The lowest BCUT2D eigenvalue weighted by Gasteiger charge is -2.07. The second-order valence-corrected chi connectivity index (χ2v) is 5.65. The molecular weight excluding hydrogens is 280 g/mol. The zero-order chi connectivity index (χ0) is 14.8. The summed E-state index contributed by atoms with van der Waals surface area (Å²) in [5.74, 6) is 0. The van der Waals surface area contributed by atoms with Gasteiger partial charge < -0.3 is 10.7 Å². The van der Waals surface area contributed by atoms with Gasteiger partial charge in [0, 0.05) is 21.6 Å². The molecule has 0 atom stereocenters. The molecule has 2 aromatic carbocycles. The molecule has 1 aromatic heterocycles. The number of H-pyrrole nitrogens is 1. The number of hydrogen-bond acceptors (Lipinski definition) is 1. The quantitative estimate of drug-likeness (QED) is 0.729. The lowest BCUT2D eigenvalue weighted by molar-refractivity contribution is 0.936. The van der Waals surface area contributed by atoms with Crippen molar-refractivity contribution in [2.24, 2.45) is 5.73 Å². The Kier molecular flexibility index (Phi) is 4.00. The zero-order valence-electron chi connectivity index (χ0n) is 12.1. The predicted octanol–water partition coefficient (Wildman–Crippen LogP) is 4.55. The van der Waals surface area contributed by atoms with Crippen molar-refractivity contribution in [2.75, 3.05) is 6.54 Å². The highest BCUT2D eigenvalue weighted by atomic mass is 35.5. The van der Waals surface area contributed by atoms with Gasteiger partial charge in [0.1, 0.15) is 0 Å². The highest BCUT2D eigenvalue weighted by Gasteiger charge is 2.14. The summed E-state index contributed by atoms with van der Waals surface area (Å²) >= 11 is 6.00. The summed E-state index contributed by atoms with van der Waals surface area (Å²) in [4.78, 5) is 3.54. The topological polar surface area (TPSA) is 41.8 Å². The van der Waals surface area contributed by atoms with Gasteiger partial charge in [-0.25, -0.2) is 0 Å². The van der Waals surface area contributed by atoms with Crippen LogP contribution in [0.2, 0.25) is 5.02 Å². The Morgan fingerprint density at radius 2 is 1.86 bits per heavy atom. The van der Waals surface area contributed by atoms with Crippen LogP contribution >= 0.6 is 11.6 Å². The first-order valence-corrected chi connectivity index (χ1v) is 7.70. The second-order valence-electron chi connectivity index (χ2n) is 5.21. The summed E-state index contributed by atoms with van der Waals surface area (Å²) < 4.78 is 0. The molecule has 0 spiro atoms. The summed E-state index contributed by atoms with van der Waals surface area (Å²) in [5.41, 5.74) is 12.1. The van der Waals surface area contributed by atoms with E-state index >= 15 is 0 Å². The molecule has 0 saturated heterocycles. The van der Waals surface area contributed by atoms with E-state index in [-0.39, 0.29) is 0 Å². The minimum atomic E-state index is 0.662. The largest absolute Gasteiger partial charge is 0.358 e. The fourth-order valence-corrected chi connectivity index (χ4v) is 3.09. The van der Waals surface area contributed by atoms with E-state index < -0.39 is 0 Å². The molecule has 0 unspecified atom stereocenters. The normalized spacial score (nSPS) is 11.2. The van der Waals surface area contributed by atoms with Crippen molar-refractivity contribution in [1.82, 2.24) is 4.98 Å². The van der Waals surface area contributed by atoms with Gasteiger partial charge in [0.25, 0.3) is 0 Å². The fraction of sp³-hybridized carbons (Fsp3) is 0.222. The van der Waals surface area contributed by atoms with Crippen LogP contribution in [0.1, 0.15) is 18.2 Å². The van der Waals surface area contributed by atoms with Gasteiger partial charge in [0.05, 0.1) is 0 Å². The van der Waals surface area contributed by atoms with E-state index in [1.165, 1.54) is 33.3 Å². The molecule has 3 heteroatoms. The minimum absolute atomic E-state index is 0.662. The van der Waals surface area contributed by atoms with Crippen molar-refractivity contribution >= 4 is 22.5 Å². The smallest absolute Gasteiger partial charge is 0.0465 e. The lowest BCUT2D eigenvalue weighted by Crippen LogP contribution is -2.04. The molecule has 0 aliphatic rings. The molecule has 0 saturated carbocycles. The van der Waals surface area contributed by atoms with Gasteiger partial charge in [0.2, 0.25) is 0 Å². The van der Waals surface area contributed by atoms with Crippen molar-refractivity contribution in [1.29, 1.82) is 0 Å². The van der Waals surface area contributed by atoms with Crippen molar-refractivity contribution in [3.05, 3.63) is 58.7 Å². The van der Waals surface area contributed by atoms with Crippen LogP contribution in [0.4, 0.5) is 0 Å². The molecule has 108 valence electrons. The average molecular weight is 299 g/mol. The van der Waals surface area contributed by atoms with Gasteiger partial charge in [-0.3, -0.25) is 0 Å². The van der Waals surface area contributed by atoms with Gasteiger partial charge in [-0.2, -0.15) is 0 Å². The van der Waals surface area contributed by atoms with Gasteiger partial charge >= 0.3 is 0 Å². The van der Waals surface area contributed by atoms with Gasteiger partial charge in [-0.05, 0) is 54.3 Å². The highest BCUT2D eigenvalue weighted by Crippen LogP contribution is 2.34. The summed E-state index contributed by atoms with van der Waals surface area (Å²) in [6, 6.07) is 14.4. The molecule has 0 amide bonds. The molecular formula is C18H19ClN2. The third-order valence-corrected chi connectivity index (χ3v) is 4.17. The van der Waals surface area contributed by atoms with E-state index in [4.69, 9.17) is 17.3 Å². The van der Waals surface area contributed by atoms with Crippen LogP contribution in [0.15, 0.2) is 42.5 Å². The fourth-order valence-electron chi connectivity index (χ4n) is 2.96. The maximum absolute atomic E-state index is 6.00. The first kappa shape index (κ1) is 14.2. The highest BCUT2D eigenvalue weighted by molar-refractivity contribution is 6.30. The molecule has 3 rings (SSSR count). The number of halogens is 1. The Morgan fingerprint density at radius 3 is 2.52 bits per heavy atom. The zero-order valence-corrected chi connectivity index (χ0v) is 12.9. The van der Waals surface area contributed by atoms with Crippen LogP contribution in [0.5, 0.6) is 0 Å². The summed E-state index contributed by atoms with van der Waals surface area (Å²) in [6.07, 6.45) is 1.89. The summed E-state index contributed by atoms with van der Waals surface area (Å²) in [5, 5.41) is 2.05. The molecule has 0 aliphatic carbocycles. The SMILES string of the molecule is CCc1[nH]c2cccc(-c3ccc(Cl)cc3)c2c1CCN. The number of fused-ring (bicyclic) bond motifs is 1. The van der Waals surface area contributed by atoms with E-state index in [2.05, 4.69) is 42.2 Å². The minimum Gasteiger partial charge on any atom is -0.358 e. The van der Waals surface area contributed by atoms with Crippen molar-refractivity contribution < 1.29 is 0 Å². The van der Waals surface area contributed by atoms with Gasteiger partial charge in [-0.1, -0.05) is 42.8 Å². The van der Waals surface area contributed by atoms with Crippen molar-refractivity contribution in [2.45, 2.75) is 19.8 Å². The number of aromatic nitrogens is 1. The van der Waals surface area contributed by atoms with Crippen LogP contribution in [-0.2, 0) is 12.8 Å². The summed E-state index contributed by atoms with van der Waals surface area (Å²) in [7, 11) is 0. The first-order chi connectivity index (χ1) is 10.2. The Hall–Kier alpha value is -1.77. The molecule has 3 N–H and O–H groups in total. The first-order valence-electron chi connectivity index (χ1n) is 7.33. The molecule has 3 aromatic rings. The van der Waals surface area contributed by atoms with Crippen LogP contribution in [0.25, 0.3) is 22.0 Å². The van der Waals surface area contributed by atoms with Crippen LogP contribution in [0, 0.1) is 0 Å². The number of nitrogens with one attached hydrogen (secondary N) is 1. The Bertz CT molecular complexity index is 757. The average Bonchev–Trinajstić information content (AvgIpc) is 2.87. The maximum atomic E-state index is 6.00. The van der Waals surface area contributed by atoms with Gasteiger partial charge in [-0.15, -0.1) is 0 Å². The van der Waals surface area contributed by atoms with E-state index in [1.807, 2.05) is 12.1 Å². The number of benzene rings is 2. The Labute approximate surface area is 129 Å². The third kappa shape index (κ3) is 2.57. The summed E-state index contributed by atoms with van der Waals surface area (Å²) in [6.45, 7) is 2.83. The molecule has 2 nitrogen and oxygen atoms in total. The number of hydrogen-bond donors (Lipinski definition) is 2. The molecule has 0 aliphatic heterocycles. The maximum Gasteiger partial charge on any atom is 0.0465 e. The second kappa shape index (κ2) is 5.92. The molecule has 0 radical (unpaired) electrons. The molecule has 0 fully saturated rings. The third-order valence-electron chi connectivity index (χ3n) is 3.92. The molecule has 21 heavy (non-hydrogen) atoms. The standard InChI is InChI=1S/C18H19ClN2/c1-2-16-15(10-11-20)18-14(4-3-5-17(18)21-16)12-6-8-13(19)9-7-12/h3-9,21H,2,10-11,20H2,1H3. The van der Waals surface area contributed by atoms with E-state index in [1.54, 1.807) is 0 Å². The molecule has 1 heterocycles. The Balaban J connectivity index is 2.27. The van der Waals surface area contributed by atoms with Gasteiger partial charge in [0.15, 0.2) is 0 Å². The van der Waals surface area contributed by atoms with Crippen LogP contribution in [0.3, 0.4) is 0 Å². The van der Waals surface area contributed by atoms with E-state index in [0.717, 1.165) is 17.9 Å².